The minimum absolute atomic E-state index is 1.14. The molecule has 0 bridgehead atoms. The van der Waals surface area contributed by atoms with Gasteiger partial charge in [-0.2, -0.15) is 5.10 Å². The highest BCUT2D eigenvalue weighted by molar-refractivity contribution is 5.20. The minimum Gasteiger partial charge on any atom is -0.286 e. The highest BCUT2D eigenvalue weighted by Crippen LogP contribution is 2.02. The van der Waals surface area contributed by atoms with E-state index >= 15 is 0 Å². The van der Waals surface area contributed by atoms with Crippen LogP contribution in [0.5, 0.6) is 0 Å². The summed E-state index contributed by atoms with van der Waals surface area (Å²) in [6.45, 7) is 4.28. The molecule has 0 saturated carbocycles. The van der Waals surface area contributed by atoms with Crippen LogP contribution in [0.1, 0.15) is 18.1 Å². The van der Waals surface area contributed by atoms with E-state index < -0.39 is 0 Å². The number of aryl methyl sites for hydroxylation is 2. The molecule has 0 saturated heterocycles. The van der Waals surface area contributed by atoms with Gasteiger partial charge < -0.3 is 0 Å². The first-order valence-corrected chi connectivity index (χ1v) is 4.82. The molecule has 2 aromatic rings. The molecule has 2 rings (SSSR count). The largest absolute Gasteiger partial charge is 0.286 e. The van der Waals surface area contributed by atoms with Crippen molar-refractivity contribution in [3.05, 3.63) is 53.9 Å². The highest BCUT2D eigenvalue weighted by Gasteiger charge is 1.84. The van der Waals surface area contributed by atoms with E-state index in [0.717, 1.165) is 6.42 Å². The molecule has 2 nitrogen and oxygen atoms in total. The summed E-state index contributed by atoms with van der Waals surface area (Å²) in [5.74, 6) is 0. The number of nitrogens with zero attached hydrogens (tertiary/aromatic N) is 1. The van der Waals surface area contributed by atoms with Crippen LogP contribution in [0.25, 0.3) is 0 Å². The van der Waals surface area contributed by atoms with Crippen LogP contribution in [0.3, 0.4) is 0 Å². The number of nitrogens with one attached hydrogen (secondary N) is 1. The Morgan fingerprint density at radius 1 is 1.21 bits per heavy atom. The van der Waals surface area contributed by atoms with Gasteiger partial charge in [0.15, 0.2) is 0 Å². The van der Waals surface area contributed by atoms with Crippen LogP contribution < -0.4 is 0 Å². The molecule has 1 N–H and O–H groups in total. The van der Waals surface area contributed by atoms with E-state index in [1.54, 1.807) is 12.4 Å². The zero-order valence-corrected chi connectivity index (χ0v) is 8.70. The third-order valence-electron chi connectivity index (χ3n) is 1.93. The van der Waals surface area contributed by atoms with E-state index in [1.807, 2.05) is 6.07 Å². The van der Waals surface area contributed by atoms with Crippen LogP contribution in [-0.4, -0.2) is 10.2 Å². The van der Waals surface area contributed by atoms with E-state index in [4.69, 9.17) is 0 Å². The van der Waals surface area contributed by atoms with Crippen LogP contribution in [0.4, 0.5) is 0 Å². The second-order valence-corrected chi connectivity index (χ2v) is 3.11. The van der Waals surface area contributed by atoms with Gasteiger partial charge in [-0.15, -0.1) is 0 Å². The van der Waals surface area contributed by atoms with Gasteiger partial charge >= 0.3 is 0 Å². The molecule has 1 heterocycles. The van der Waals surface area contributed by atoms with Gasteiger partial charge in [0.25, 0.3) is 0 Å². The lowest BCUT2D eigenvalue weighted by Gasteiger charge is -1.94. The first kappa shape index (κ1) is 10.5. The van der Waals surface area contributed by atoms with Crippen molar-refractivity contribution < 1.29 is 0 Å². The number of rotatable bonds is 1. The van der Waals surface area contributed by atoms with Crippen LogP contribution in [0.15, 0.2) is 42.7 Å². The Bertz CT molecular complexity index is 305. The Morgan fingerprint density at radius 3 is 2.29 bits per heavy atom. The van der Waals surface area contributed by atoms with Gasteiger partial charge in [-0.25, -0.2) is 0 Å². The summed E-state index contributed by atoms with van der Waals surface area (Å²) < 4.78 is 0. The number of H-pyrrole nitrogens is 1. The molecule has 0 fully saturated rings. The Balaban J connectivity index is 0.000000165. The molecule has 1 aromatic carbocycles. The topological polar surface area (TPSA) is 28.7 Å². The van der Waals surface area contributed by atoms with E-state index in [0.29, 0.717) is 0 Å². The molecule has 0 unspecified atom stereocenters. The molecule has 2 heteroatoms. The smallest absolute Gasteiger partial charge is 0.0487 e. The van der Waals surface area contributed by atoms with E-state index in [-0.39, 0.29) is 0 Å². The van der Waals surface area contributed by atoms with Crippen LogP contribution in [-0.2, 0) is 6.42 Å². The van der Waals surface area contributed by atoms with Crippen molar-refractivity contribution in [1.82, 2.24) is 10.2 Å². The first-order chi connectivity index (χ1) is 6.83. The standard InChI is InChI=1S/C9H12.C3H4N2/c1-3-9-6-4-8(2)5-7-9;1-2-4-5-3-1/h4-7H,3H2,1-2H3;1-3H,(H,4,5). The van der Waals surface area contributed by atoms with Crippen molar-refractivity contribution in [1.29, 1.82) is 0 Å². The van der Waals surface area contributed by atoms with Crippen molar-refractivity contribution in [2.45, 2.75) is 20.3 Å². The van der Waals surface area contributed by atoms with Crippen LogP contribution >= 0.6 is 0 Å². The molecular weight excluding hydrogens is 172 g/mol. The number of benzene rings is 1. The van der Waals surface area contributed by atoms with E-state index in [2.05, 4.69) is 48.3 Å². The van der Waals surface area contributed by atoms with Gasteiger partial charge in [0, 0.05) is 12.4 Å². The number of aromatic nitrogens is 2. The van der Waals surface area contributed by atoms with Crippen molar-refractivity contribution in [2.24, 2.45) is 0 Å². The van der Waals surface area contributed by atoms with Crippen molar-refractivity contribution in [3.63, 3.8) is 0 Å². The number of hydrogen-bond acceptors (Lipinski definition) is 1. The molecular formula is C12H16N2. The molecule has 1 aromatic heterocycles. The lowest BCUT2D eigenvalue weighted by atomic mass is 10.1. The Kier molecular flexibility index (Phi) is 4.48. The summed E-state index contributed by atoms with van der Waals surface area (Å²) in [6.07, 6.45) is 4.60. The Labute approximate surface area is 85.0 Å². The van der Waals surface area contributed by atoms with Gasteiger partial charge in [0.05, 0.1) is 0 Å². The summed E-state index contributed by atoms with van der Waals surface area (Å²) in [5, 5.41) is 6.21. The van der Waals surface area contributed by atoms with Gasteiger partial charge in [-0.05, 0) is 25.0 Å². The minimum atomic E-state index is 1.14. The van der Waals surface area contributed by atoms with Gasteiger partial charge in [-0.1, -0.05) is 36.8 Å². The Morgan fingerprint density at radius 2 is 1.93 bits per heavy atom. The zero-order chi connectivity index (χ0) is 10.2. The van der Waals surface area contributed by atoms with Gasteiger partial charge in [-0.3, -0.25) is 5.10 Å². The second kappa shape index (κ2) is 5.97. The molecule has 0 spiro atoms. The third-order valence-corrected chi connectivity index (χ3v) is 1.93. The Hall–Kier alpha value is -1.57. The molecule has 0 aliphatic rings. The van der Waals surface area contributed by atoms with E-state index in [9.17, 15) is 0 Å². The quantitative estimate of drug-likeness (QED) is 0.732. The average Bonchev–Trinajstić information content (AvgIpc) is 2.77. The lowest BCUT2D eigenvalue weighted by molar-refractivity contribution is 1.09. The van der Waals surface area contributed by atoms with Gasteiger partial charge in [0.2, 0.25) is 0 Å². The summed E-state index contributed by atoms with van der Waals surface area (Å²) >= 11 is 0. The second-order valence-electron chi connectivity index (χ2n) is 3.11. The maximum atomic E-state index is 3.60. The maximum Gasteiger partial charge on any atom is 0.0487 e. The summed E-state index contributed by atoms with van der Waals surface area (Å²) in [5.41, 5.74) is 2.76. The monoisotopic (exact) mass is 188 g/mol. The van der Waals surface area contributed by atoms with Crippen molar-refractivity contribution in [2.75, 3.05) is 0 Å². The van der Waals surface area contributed by atoms with E-state index in [1.165, 1.54) is 11.1 Å². The predicted molar refractivity (Wildman–Crippen MR) is 59.1 cm³/mol. The fourth-order valence-corrected chi connectivity index (χ4v) is 1.04. The first-order valence-electron chi connectivity index (χ1n) is 4.82. The van der Waals surface area contributed by atoms with Crippen molar-refractivity contribution >= 4 is 0 Å². The molecule has 74 valence electrons. The van der Waals surface area contributed by atoms with Crippen LogP contribution in [0, 0.1) is 6.92 Å². The third kappa shape index (κ3) is 3.90. The predicted octanol–water partition coefficient (Wildman–Crippen LogP) is 2.97. The molecule has 14 heavy (non-hydrogen) atoms. The molecule has 0 aliphatic carbocycles. The average molecular weight is 188 g/mol. The number of hydrogen-bond donors (Lipinski definition) is 1. The molecule has 0 aliphatic heterocycles. The number of aromatic amines is 1. The van der Waals surface area contributed by atoms with Crippen LogP contribution in [0.2, 0.25) is 0 Å². The molecule has 0 atom stereocenters. The summed E-state index contributed by atoms with van der Waals surface area (Å²) in [7, 11) is 0. The molecule has 0 radical (unpaired) electrons. The fourth-order valence-electron chi connectivity index (χ4n) is 1.04. The SMILES string of the molecule is CCc1ccc(C)cc1.c1cn[nH]c1. The highest BCUT2D eigenvalue weighted by atomic mass is 15.1. The lowest BCUT2D eigenvalue weighted by Crippen LogP contribution is -1.77. The maximum absolute atomic E-state index is 3.60. The molecule has 0 amide bonds. The normalized spacial score (nSPS) is 9.00. The summed E-state index contributed by atoms with van der Waals surface area (Å²) in [4.78, 5) is 0. The van der Waals surface area contributed by atoms with Gasteiger partial charge in [0.1, 0.15) is 0 Å². The summed E-state index contributed by atoms with van der Waals surface area (Å²) in [6, 6.07) is 10.5. The fraction of sp³-hybridized carbons (Fsp3) is 0.250. The van der Waals surface area contributed by atoms with Crippen molar-refractivity contribution in [3.8, 4) is 0 Å². The zero-order valence-electron chi connectivity index (χ0n) is 8.70.